The normalized spacial score (nSPS) is 28.4. The van der Waals surface area contributed by atoms with Gasteiger partial charge in [-0.15, -0.1) is 0 Å². The topological polar surface area (TPSA) is 75.4 Å². The van der Waals surface area contributed by atoms with Crippen LogP contribution >= 0.6 is 0 Å². The SMILES string of the molecule is N[C@](C=O)(CCC1CCCCC1)C[C@H]1CCC[C@@H](NCCCN2CCCC2=O)C1. The summed E-state index contributed by atoms with van der Waals surface area (Å²) in [5.74, 6) is 1.67. The predicted octanol–water partition coefficient (Wildman–Crippen LogP) is 3.79. The molecule has 3 atom stereocenters. The molecule has 2 aliphatic carbocycles. The van der Waals surface area contributed by atoms with Crippen molar-refractivity contribution in [1.82, 2.24) is 10.2 Å². The van der Waals surface area contributed by atoms with Crippen LogP contribution in [0, 0.1) is 11.8 Å². The molecule has 0 unspecified atom stereocenters. The molecule has 3 fully saturated rings. The zero-order valence-corrected chi connectivity index (χ0v) is 18.4. The van der Waals surface area contributed by atoms with Crippen molar-refractivity contribution in [2.75, 3.05) is 19.6 Å². The zero-order valence-electron chi connectivity index (χ0n) is 18.4. The van der Waals surface area contributed by atoms with Gasteiger partial charge in [0.2, 0.25) is 5.91 Å². The Morgan fingerprint density at radius 1 is 1.07 bits per heavy atom. The molecule has 0 aromatic carbocycles. The van der Waals surface area contributed by atoms with Crippen molar-refractivity contribution in [1.29, 1.82) is 0 Å². The Morgan fingerprint density at radius 3 is 2.59 bits per heavy atom. The molecule has 1 saturated heterocycles. The molecule has 0 aromatic heterocycles. The smallest absolute Gasteiger partial charge is 0.222 e. The summed E-state index contributed by atoms with van der Waals surface area (Å²) >= 11 is 0. The van der Waals surface area contributed by atoms with E-state index in [-0.39, 0.29) is 0 Å². The van der Waals surface area contributed by atoms with Crippen LogP contribution in [0.25, 0.3) is 0 Å². The summed E-state index contributed by atoms with van der Waals surface area (Å²) < 4.78 is 0. The van der Waals surface area contributed by atoms with Crippen molar-refractivity contribution in [2.24, 2.45) is 17.6 Å². The van der Waals surface area contributed by atoms with Gasteiger partial charge in [0.25, 0.3) is 0 Å². The van der Waals surface area contributed by atoms with Gasteiger partial charge in [-0.1, -0.05) is 44.9 Å². The van der Waals surface area contributed by atoms with Gasteiger partial charge in [0, 0.05) is 25.6 Å². The molecule has 3 rings (SSSR count). The van der Waals surface area contributed by atoms with Crippen molar-refractivity contribution < 1.29 is 9.59 Å². The summed E-state index contributed by atoms with van der Waals surface area (Å²) in [4.78, 5) is 25.5. The molecular weight excluding hydrogens is 362 g/mol. The maximum atomic E-state index is 11.8. The lowest BCUT2D eigenvalue weighted by molar-refractivity contribution is -0.127. The summed E-state index contributed by atoms with van der Waals surface area (Å²) in [6.45, 7) is 2.81. The first-order valence-corrected chi connectivity index (χ1v) is 12.3. The van der Waals surface area contributed by atoms with E-state index in [1.165, 1.54) is 51.4 Å². The van der Waals surface area contributed by atoms with Gasteiger partial charge in [0.05, 0.1) is 5.54 Å². The number of hydrogen-bond donors (Lipinski definition) is 2. The highest BCUT2D eigenvalue weighted by atomic mass is 16.2. The third-order valence-electron chi connectivity index (χ3n) is 7.64. The third-order valence-corrected chi connectivity index (χ3v) is 7.64. The van der Waals surface area contributed by atoms with Crippen LogP contribution < -0.4 is 11.1 Å². The Hall–Kier alpha value is -0.940. The van der Waals surface area contributed by atoms with E-state index in [9.17, 15) is 9.59 Å². The standard InChI is InChI=1S/C24H43N3O2/c25-24(19-28,13-12-20-7-2-1-3-8-20)18-21-9-4-10-22(17-21)26-14-6-16-27-15-5-11-23(27)29/h19-22,26H,1-18,25H2/t21-,22+,24+/m0/s1. The van der Waals surface area contributed by atoms with Gasteiger partial charge in [-0.2, -0.15) is 0 Å². The van der Waals surface area contributed by atoms with E-state index >= 15 is 0 Å². The van der Waals surface area contributed by atoms with Crippen LogP contribution in [0.3, 0.4) is 0 Å². The number of likely N-dealkylation sites (tertiary alicyclic amines) is 1. The molecule has 2 saturated carbocycles. The molecule has 1 amide bonds. The Bertz CT molecular complexity index is 520. The van der Waals surface area contributed by atoms with Gasteiger partial charge >= 0.3 is 0 Å². The molecule has 3 aliphatic rings. The average Bonchev–Trinajstić information content (AvgIpc) is 3.15. The fourth-order valence-electron chi connectivity index (χ4n) is 5.87. The summed E-state index contributed by atoms with van der Waals surface area (Å²) in [6, 6.07) is 0.539. The lowest BCUT2D eigenvalue weighted by Crippen LogP contribution is -2.45. The molecule has 5 heteroatoms. The Labute approximate surface area is 177 Å². The van der Waals surface area contributed by atoms with Gasteiger partial charge in [-0.05, 0) is 63.3 Å². The van der Waals surface area contributed by atoms with Crippen LogP contribution in [-0.4, -0.2) is 48.3 Å². The monoisotopic (exact) mass is 405 g/mol. The van der Waals surface area contributed by atoms with E-state index in [0.29, 0.717) is 17.9 Å². The molecule has 0 spiro atoms. The van der Waals surface area contributed by atoms with Crippen LogP contribution in [-0.2, 0) is 9.59 Å². The number of amides is 1. The summed E-state index contributed by atoms with van der Waals surface area (Å²) in [5.41, 5.74) is 5.94. The first-order chi connectivity index (χ1) is 14.1. The van der Waals surface area contributed by atoms with Crippen molar-refractivity contribution in [3.8, 4) is 0 Å². The Morgan fingerprint density at radius 2 is 1.86 bits per heavy atom. The summed E-state index contributed by atoms with van der Waals surface area (Å²) in [6.07, 6.45) is 18.2. The second-order valence-corrected chi connectivity index (χ2v) is 10.1. The Balaban J connectivity index is 1.35. The quantitative estimate of drug-likeness (QED) is 0.405. The number of nitrogens with one attached hydrogen (secondary N) is 1. The highest BCUT2D eigenvalue weighted by Crippen LogP contribution is 2.34. The molecule has 166 valence electrons. The minimum Gasteiger partial charge on any atom is -0.343 e. The van der Waals surface area contributed by atoms with E-state index in [0.717, 1.165) is 76.8 Å². The van der Waals surface area contributed by atoms with Gasteiger partial charge in [-0.3, -0.25) is 4.79 Å². The third kappa shape index (κ3) is 7.36. The predicted molar refractivity (Wildman–Crippen MR) is 118 cm³/mol. The largest absolute Gasteiger partial charge is 0.343 e. The van der Waals surface area contributed by atoms with Crippen molar-refractivity contribution in [3.05, 3.63) is 0 Å². The van der Waals surface area contributed by atoms with Crippen LogP contribution in [0.1, 0.15) is 96.3 Å². The van der Waals surface area contributed by atoms with E-state index < -0.39 is 5.54 Å². The number of nitrogens with zero attached hydrogens (tertiary/aromatic N) is 1. The van der Waals surface area contributed by atoms with E-state index in [1.54, 1.807) is 0 Å². The highest BCUT2D eigenvalue weighted by Gasteiger charge is 2.32. The minimum absolute atomic E-state index is 0.323. The molecule has 0 bridgehead atoms. The fraction of sp³-hybridized carbons (Fsp3) is 0.917. The van der Waals surface area contributed by atoms with Crippen molar-refractivity contribution >= 4 is 12.2 Å². The van der Waals surface area contributed by atoms with Gasteiger partial charge in [0.15, 0.2) is 0 Å². The van der Waals surface area contributed by atoms with E-state index in [2.05, 4.69) is 5.32 Å². The first-order valence-electron chi connectivity index (χ1n) is 12.3. The lowest BCUT2D eigenvalue weighted by Gasteiger charge is -2.35. The van der Waals surface area contributed by atoms with Gasteiger partial charge in [-0.25, -0.2) is 0 Å². The summed E-state index contributed by atoms with van der Waals surface area (Å²) in [5, 5.41) is 3.71. The van der Waals surface area contributed by atoms with Crippen LogP contribution in [0.2, 0.25) is 0 Å². The lowest BCUT2D eigenvalue weighted by atomic mass is 9.75. The molecule has 1 heterocycles. The van der Waals surface area contributed by atoms with E-state index in [4.69, 9.17) is 5.73 Å². The molecule has 1 aliphatic heterocycles. The molecule has 0 aromatic rings. The number of aldehydes is 1. The van der Waals surface area contributed by atoms with Crippen LogP contribution in [0.4, 0.5) is 0 Å². The van der Waals surface area contributed by atoms with Crippen molar-refractivity contribution in [2.45, 2.75) is 108 Å². The van der Waals surface area contributed by atoms with E-state index in [1.807, 2.05) is 4.90 Å². The number of carbonyl (C=O) groups is 2. The molecule has 0 radical (unpaired) electrons. The number of hydrogen-bond acceptors (Lipinski definition) is 4. The number of nitrogens with two attached hydrogens (primary N) is 1. The number of carbonyl (C=O) groups excluding carboxylic acids is 2. The Kier molecular flexibility index (Phi) is 8.98. The fourth-order valence-corrected chi connectivity index (χ4v) is 5.87. The second kappa shape index (κ2) is 11.5. The first kappa shape index (κ1) is 22.7. The molecule has 5 nitrogen and oxygen atoms in total. The zero-order chi connectivity index (χ0) is 20.5. The molecule has 29 heavy (non-hydrogen) atoms. The van der Waals surface area contributed by atoms with Gasteiger partial charge in [0.1, 0.15) is 6.29 Å². The maximum absolute atomic E-state index is 11.8. The maximum Gasteiger partial charge on any atom is 0.222 e. The van der Waals surface area contributed by atoms with Gasteiger partial charge < -0.3 is 20.7 Å². The van der Waals surface area contributed by atoms with Crippen LogP contribution in [0.5, 0.6) is 0 Å². The highest BCUT2D eigenvalue weighted by molar-refractivity contribution is 5.77. The number of rotatable bonds is 11. The summed E-state index contributed by atoms with van der Waals surface area (Å²) in [7, 11) is 0. The van der Waals surface area contributed by atoms with Crippen LogP contribution in [0.15, 0.2) is 0 Å². The molecular formula is C24H43N3O2. The molecule has 3 N–H and O–H groups in total. The minimum atomic E-state index is -0.625. The van der Waals surface area contributed by atoms with Crippen molar-refractivity contribution in [3.63, 3.8) is 0 Å². The second-order valence-electron chi connectivity index (χ2n) is 10.1. The average molecular weight is 406 g/mol.